The monoisotopic (exact) mass is 394 g/mol. The van der Waals surface area contributed by atoms with E-state index in [1.54, 1.807) is 25.1 Å². The Morgan fingerprint density at radius 2 is 1.96 bits per heavy atom. The number of ether oxygens (including phenoxy) is 2. The molecule has 2 saturated heterocycles. The lowest BCUT2D eigenvalue weighted by Crippen LogP contribution is -2.43. The fraction of sp³-hybridized carbons (Fsp3) is 0.526. The van der Waals surface area contributed by atoms with Crippen molar-refractivity contribution in [1.29, 1.82) is 0 Å². The van der Waals surface area contributed by atoms with Crippen LogP contribution in [0.2, 0.25) is 0 Å². The first kappa shape index (κ1) is 20.0. The summed E-state index contributed by atoms with van der Waals surface area (Å²) in [5, 5.41) is 0. The van der Waals surface area contributed by atoms with E-state index in [1.165, 1.54) is 18.2 Å². The molecule has 1 aromatic rings. The van der Waals surface area contributed by atoms with Crippen LogP contribution in [0, 0.1) is 5.92 Å². The molecule has 0 radical (unpaired) electrons. The number of rotatable bonds is 6. The topological polar surface area (TPSA) is 84.9 Å². The van der Waals surface area contributed by atoms with Crippen LogP contribution in [-0.2, 0) is 24.3 Å². The van der Waals surface area contributed by atoms with E-state index in [1.807, 2.05) is 4.90 Å². The van der Waals surface area contributed by atoms with Gasteiger partial charge in [0.05, 0.1) is 18.1 Å². The highest BCUT2D eigenvalue weighted by Crippen LogP contribution is 2.25. The molecule has 0 spiro atoms. The van der Waals surface area contributed by atoms with E-state index >= 15 is 0 Å². The minimum atomic E-state index is -3.46. The van der Waals surface area contributed by atoms with Crippen LogP contribution >= 0.6 is 0 Å². The largest absolute Gasteiger partial charge is 0.350 e. The van der Waals surface area contributed by atoms with Gasteiger partial charge in [0.25, 0.3) is 0 Å². The average molecular weight is 394 g/mol. The van der Waals surface area contributed by atoms with Crippen molar-refractivity contribution < 1.29 is 22.7 Å². The molecule has 0 aromatic heterocycles. The first-order valence-corrected chi connectivity index (χ1v) is 10.8. The quantitative estimate of drug-likeness (QED) is 0.741. The maximum Gasteiger partial charge on any atom is 0.246 e. The third-order valence-corrected chi connectivity index (χ3v) is 6.31. The number of nitrogens with zero attached hydrogens (tertiary/aromatic N) is 1. The first-order valence-electron chi connectivity index (χ1n) is 9.29. The second kappa shape index (κ2) is 8.97. The lowest BCUT2D eigenvalue weighted by Gasteiger charge is -2.34. The van der Waals surface area contributed by atoms with Crippen LogP contribution in [0.5, 0.6) is 0 Å². The number of benzene rings is 1. The second-order valence-corrected chi connectivity index (χ2v) is 8.47. The zero-order valence-electron chi connectivity index (χ0n) is 15.5. The molecule has 2 aliphatic heterocycles. The van der Waals surface area contributed by atoms with Gasteiger partial charge >= 0.3 is 0 Å². The van der Waals surface area contributed by atoms with Crippen LogP contribution in [0.4, 0.5) is 0 Å². The van der Waals surface area contributed by atoms with Crippen molar-refractivity contribution in [1.82, 2.24) is 9.62 Å². The molecule has 2 heterocycles. The minimum absolute atomic E-state index is 0.0537. The number of hydrogen-bond donors (Lipinski definition) is 1. The van der Waals surface area contributed by atoms with Crippen molar-refractivity contribution in [2.45, 2.75) is 31.0 Å². The Labute approximate surface area is 160 Å². The minimum Gasteiger partial charge on any atom is -0.350 e. The van der Waals surface area contributed by atoms with E-state index in [-0.39, 0.29) is 23.0 Å². The van der Waals surface area contributed by atoms with Crippen molar-refractivity contribution in [2.24, 2.45) is 5.92 Å². The van der Waals surface area contributed by atoms with E-state index < -0.39 is 10.0 Å². The van der Waals surface area contributed by atoms with Crippen LogP contribution < -0.4 is 4.72 Å². The van der Waals surface area contributed by atoms with Gasteiger partial charge in [-0.05, 0) is 36.6 Å². The third kappa shape index (κ3) is 5.16. The van der Waals surface area contributed by atoms with Gasteiger partial charge in [0.1, 0.15) is 0 Å². The Kier molecular flexibility index (Phi) is 6.64. The number of carbonyl (C=O) groups is 1. The number of piperidine rings is 1. The molecule has 7 nitrogen and oxygen atoms in total. The zero-order chi connectivity index (χ0) is 19.3. The summed E-state index contributed by atoms with van der Waals surface area (Å²) in [4.78, 5) is 14.5. The van der Waals surface area contributed by atoms with Gasteiger partial charge in [0, 0.05) is 31.6 Å². The highest BCUT2D eigenvalue weighted by atomic mass is 32.2. The average Bonchev–Trinajstić information content (AvgIpc) is 3.21. The molecule has 2 aliphatic rings. The van der Waals surface area contributed by atoms with E-state index in [4.69, 9.17) is 9.47 Å². The van der Waals surface area contributed by atoms with E-state index in [0.29, 0.717) is 26.3 Å². The van der Waals surface area contributed by atoms with Gasteiger partial charge in [-0.3, -0.25) is 4.79 Å². The lowest BCUT2D eigenvalue weighted by molar-refractivity contribution is -0.134. The molecule has 8 heteroatoms. The molecule has 148 valence electrons. The molecule has 0 bridgehead atoms. The fourth-order valence-corrected chi connectivity index (χ4v) is 4.43. The number of amides is 1. The predicted molar refractivity (Wildman–Crippen MR) is 101 cm³/mol. The molecule has 2 fully saturated rings. The van der Waals surface area contributed by atoms with Crippen LogP contribution in [0.25, 0.3) is 6.08 Å². The maximum absolute atomic E-state index is 12.5. The summed E-state index contributed by atoms with van der Waals surface area (Å²) in [6.07, 6.45) is 4.98. The number of hydrogen-bond acceptors (Lipinski definition) is 5. The third-order valence-electron chi connectivity index (χ3n) is 4.75. The van der Waals surface area contributed by atoms with Crippen LogP contribution in [0.3, 0.4) is 0 Å². The molecular weight excluding hydrogens is 368 g/mol. The lowest BCUT2D eigenvalue weighted by atomic mass is 9.97. The van der Waals surface area contributed by atoms with Crippen molar-refractivity contribution in [3.63, 3.8) is 0 Å². The Balaban J connectivity index is 1.59. The molecule has 1 amide bonds. The molecule has 0 aliphatic carbocycles. The summed E-state index contributed by atoms with van der Waals surface area (Å²) in [7, 11) is -3.46. The Bertz CT molecular complexity index is 770. The first-order chi connectivity index (χ1) is 13.0. The summed E-state index contributed by atoms with van der Waals surface area (Å²) < 4.78 is 37.5. The van der Waals surface area contributed by atoms with E-state index in [9.17, 15) is 13.2 Å². The van der Waals surface area contributed by atoms with Crippen molar-refractivity contribution in [2.75, 3.05) is 32.8 Å². The zero-order valence-corrected chi connectivity index (χ0v) is 16.3. The summed E-state index contributed by atoms with van der Waals surface area (Å²) in [5.41, 5.74) is 0.773. The smallest absolute Gasteiger partial charge is 0.246 e. The molecular formula is C19H26N2O5S. The fourth-order valence-electron chi connectivity index (χ4n) is 3.39. The summed E-state index contributed by atoms with van der Waals surface area (Å²) in [6.45, 7) is 4.67. The Morgan fingerprint density at radius 3 is 2.63 bits per heavy atom. The number of sulfonamides is 1. The van der Waals surface area contributed by atoms with Crippen molar-refractivity contribution in [3.8, 4) is 0 Å². The van der Waals surface area contributed by atoms with Crippen molar-refractivity contribution in [3.05, 3.63) is 35.9 Å². The van der Waals surface area contributed by atoms with Crippen LogP contribution in [0.15, 0.2) is 35.2 Å². The predicted octanol–water partition coefficient (Wildman–Crippen LogP) is 1.61. The van der Waals surface area contributed by atoms with Gasteiger partial charge in [0.15, 0.2) is 6.29 Å². The highest BCUT2D eigenvalue weighted by Gasteiger charge is 2.32. The maximum atomic E-state index is 12.5. The van der Waals surface area contributed by atoms with Gasteiger partial charge in [-0.2, -0.15) is 0 Å². The highest BCUT2D eigenvalue weighted by molar-refractivity contribution is 7.89. The second-order valence-electron chi connectivity index (χ2n) is 6.70. The van der Waals surface area contributed by atoms with Crippen molar-refractivity contribution >= 4 is 22.0 Å². The molecule has 0 saturated carbocycles. The molecule has 1 unspecified atom stereocenters. The molecule has 1 atom stereocenters. The summed E-state index contributed by atoms with van der Waals surface area (Å²) in [6, 6.07) is 6.45. The van der Waals surface area contributed by atoms with Gasteiger partial charge < -0.3 is 14.4 Å². The van der Waals surface area contributed by atoms with Gasteiger partial charge in [-0.1, -0.05) is 19.1 Å². The molecule has 1 N–H and O–H groups in total. The Hall–Kier alpha value is -1.74. The molecule has 27 heavy (non-hydrogen) atoms. The number of carbonyl (C=O) groups excluding carboxylic acids is 1. The molecule has 1 aromatic carbocycles. The van der Waals surface area contributed by atoms with Gasteiger partial charge in [-0.25, -0.2) is 13.1 Å². The van der Waals surface area contributed by atoms with E-state index in [0.717, 1.165) is 24.9 Å². The number of likely N-dealkylation sites (tertiary alicyclic amines) is 1. The van der Waals surface area contributed by atoms with Gasteiger partial charge in [0.2, 0.25) is 15.9 Å². The van der Waals surface area contributed by atoms with E-state index in [2.05, 4.69) is 4.72 Å². The summed E-state index contributed by atoms with van der Waals surface area (Å²) >= 11 is 0. The standard InChI is InChI=1S/C19H26N2O5S/c1-2-20-27(23,24)17-8-5-15(6-9-17)7-10-18(22)21-11-3-4-16(14-21)19-25-12-13-26-19/h5-10,16,19-20H,2-4,11-14H2,1H3/b10-7+. The SMILES string of the molecule is CCNS(=O)(=O)c1ccc(/C=C/C(=O)N2CCCC(C3OCCO3)C2)cc1. The van der Waals surface area contributed by atoms with Gasteiger partial charge in [-0.15, -0.1) is 0 Å². The summed E-state index contributed by atoms with van der Waals surface area (Å²) in [5.74, 6) is 0.163. The molecule has 3 rings (SSSR count). The van der Waals surface area contributed by atoms with Crippen LogP contribution in [0.1, 0.15) is 25.3 Å². The normalized spacial score (nSPS) is 21.8. The Morgan fingerprint density at radius 1 is 1.26 bits per heavy atom. The number of nitrogens with one attached hydrogen (secondary N) is 1. The van der Waals surface area contributed by atoms with Crippen LogP contribution in [-0.4, -0.2) is 58.4 Å².